The minimum absolute atomic E-state index is 0.114. The molecule has 2 aliphatic rings. The standard InChI is InChI=1S/C24H35F3NO4P/c25-24(26,27)18-30-12-6-2-1-3-7-23(29)33-20(17-28-10-4-5-11-28)15-19-8-9-21-22(16-19)32-14-13-31-21/h8-9,16,20,33H,1-7,10-15,17-18H2. The molecule has 0 aromatic heterocycles. The summed E-state index contributed by atoms with van der Waals surface area (Å²) >= 11 is 0. The number of hydrogen-bond acceptors (Lipinski definition) is 5. The van der Waals surface area contributed by atoms with Crippen LogP contribution in [-0.4, -0.2) is 68.3 Å². The number of carbonyl (C=O) groups excluding carboxylic acids is 1. The Bertz CT molecular complexity index is 741. The lowest BCUT2D eigenvalue weighted by Gasteiger charge is -2.24. The number of halogens is 3. The minimum atomic E-state index is -4.27. The molecule has 0 N–H and O–H groups in total. The lowest BCUT2D eigenvalue weighted by Crippen LogP contribution is -2.29. The molecular formula is C24H35F3NO4P. The highest BCUT2D eigenvalue weighted by Gasteiger charge is 2.27. The molecule has 2 aliphatic heterocycles. The van der Waals surface area contributed by atoms with Crippen LogP contribution in [0.1, 0.15) is 50.5 Å². The average Bonchev–Trinajstić information content (AvgIpc) is 3.27. The lowest BCUT2D eigenvalue weighted by molar-refractivity contribution is -0.174. The molecule has 0 spiro atoms. The van der Waals surface area contributed by atoms with E-state index in [1.54, 1.807) is 0 Å². The van der Waals surface area contributed by atoms with Crippen molar-refractivity contribution >= 4 is 14.1 Å². The average molecular weight is 490 g/mol. The monoisotopic (exact) mass is 489 g/mol. The molecule has 0 saturated carbocycles. The zero-order valence-electron chi connectivity index (χ0n) is 19.1. The second kappa shape index (κ2) is 13.5. The van der Waals surface area contributed by atoms with Crippen LogP contribution >= 0.6 is 8.58 Å². The fraction of sp³-hybridized carbons (Fsp3) is 0.708. The van der Waals surface area contributed by atoms with Gasteiger partial charge in [-0.25, -0.2) is 0 Å². The maximum atomic E-state index is 12.7. The third-order valence-electron chi connectivity index (χ3n) is 5.84. The van der Waals surface area contributed by atoms with E-state index in [2.05, 4.69) is 15.7 Å². The van der Waals surface area contributed by atoms with E-state index in [-0.39, 0.29) is 20.8 Å². The van der Waals surface area contributed by atoms with E-state index < -0.39 is 12.8 Å². The van der Waals surface area contributed by atoms with Crippen molar-refractivity contribution in [3.05, 3.63) is 23.8 Å². The zero-order chi connectivity index (χ0) is 23.5. The number of alkyl halides is 3. The van der Waals surface area contributed by atoms with Crippen molar-refractivity contribution < 1.29 is 32.2 Å². The minimum Gasteiger partial charge on any atom is -0.486 e. The molecule has 1 aromatic carbocycles. The molecule has 2 atom stereocenters. The molecule has 0 radical (unpaired) electrons. The summed E-state index contributed by atoms with van der Waals surface area (Å²) in [6.45, 7) is 3.20. The SMILES string of the molecule is O=C(CCCCCCOCC(F)(F)F)PC(Cc1ccc2c(c1)OCCO2)CN1CCCC1. The smallest absolute Gasteiger partial charge is 0.411 e. The molecule has 1 saturated heterocycles. The Morgan fingerprint density at radius 2 is 1.79 bits per heavy atom. The van der Waals surface area contributed by atoms with Gasteiger partial charge in [0.2, 0.25) is 0 Å². The van der Waals surface area contributed by atoms with Gasteiger partial charge in [0.15, 0.2) is 17.0 Å². The summed E-state index contributed by atoms with van der Waals surface area (Å²) in [5.41, 5.74) is 1.75. The van der Waals surface area contributed by atoms with Crippen molar-refractivity contribution in [1.29, 1.82) is 0 Å². The molecule has 2 unspecified atom stereocenters. The van der Waals surface area contributed by atoms with Gasteiger partial charge in [-0.3, -0.25) is 4.79 Å². The van der Waals surface area contributed by atoms with Gasteiger partial charge in [0, 0.05) is 19.6 Å². The van der Waals surface area contributed by atoms with E-state index in [9.17, 15) is 18.0 Å². The zero-order valence-corrected chi connectivity index (χ0v) is 20.1. The van der Waals surface area contributed by atoms with Gasteiger partial charge in [-0.15, -0.1) is 0 Å². The van der Waals surface area contributed by atoms with Crippen molar-refractivity contribution in [3.8, 4) is 11.5 Å². The highest BCUT2D eigenvalue weighted by atomic mass is 31.1. The largest absolute Gasteiger partial charge is 0.486 e. The van der Waals surface area contributed by atoms with Gasteiger partial charge < -0.3 is 19.1 Å². The third kappa shape index (κ3) is 10.2. The van der Waals surface area contributed by atoms with E-state index in [0.717, 1.165) is 56.8 Å². The second-order valence-electron chi connectivity index (χ2n) is 8.79. The van der Waals surface area contributed by atoms with Gasteiger partial charge in [0.25, 0.3) is 0 Å². The van der Waals surface area contributed by atoms with Crippen LogP contribution in [0.3, 0.4) is 0 Å². The number of likely N-dealkylation sites (tertiary alicyclic amines) is 1. The first-order chi connectivity index (χ1) is 15.9. The maximum absolute atomic E-state index is 12.7. The molecule has 2 heterocycles. The molecule has 3 rings (SSSR count). The molecule has 0 amide bonds. The van der Waals surface area contributed by atoms with Crippen molar-refractivity contribution in [3.63, 3.8) is 0 Å². The van der Waals surface area contributed by atoms with Crippen LogP contribution in [0.25, 0.3) is 0 Å². The normalized spacial score (nSPS) is 17.7. The summed E-state index contributed by atoms with van der Waals surface area (Å²) < 4.78 is 52.1. The number of unbranched alkanes of at least 4 members (excludes halogenated alkanes) is 3. The van der Waals surface area contributed by atoms with Crippen molar-refractivity contribution in [2.24, 2.45) is 0 Å². The molecule has 186 valence electrons. The third-order valence-corrected chi connectivity index (χ3v) is 7.21. The van der Waals surface area contributed by atoms with E-state index in [0.29, 0.717) is 31.6 Å². The van der Waals surface area contributed by atoms with Gasteiger partial charge in [-0.2, -0.15) is 13.2 Å². The molecule has 1 fully saturated rings. The van der Waals surface area contributed by atoms with Gasteiger partial charge >= 0.3 is 6.18 Å². The fourth-order valence-corrected chi connectivity index (χ4v) is 5.73. The van der Waals surface area contributed by atoms with Crippen LogP contribution in [-0.2, 0) is 16.0 Å². The maximum Gasteiger partial charge on any atom is 0.411 e. The summed E-state index contributed by atoms with van der Waals surface area (Å²) in [4.78, 5) is 15.2. The van der Waals surface area contributed by atoms with Crippen LogP contribution in [0.5, 0.6) is 11.5 Å². The summed E-state index contributed by atoms with van der Waals surface area (Å²) in [6, 6.07) is 6.07. The first kappa shape index (κ1) is 26.2. The van der Waals surface area contributed by atoms with Gasteiger partial charge in [0.1, 0.15) is 19.8 Å². The fourth-order valence-electron chi connectivity index (χ4n) is 4.27. The Hall–Kier alpha value is -1.37. The number of fused-ring (bicyclic) bond motifs is 1. The molecular weight excluding hydrogens is 454 g/mol. The first-order valence-electron chi connectivity index (χ1n) is 11.9. The first-order valence-corrected chi connectivity index (χ1v) is 13.0. The molecule has 33 heavy (non-hydrogen) atoms. The topological polar surface area (TPSA) is 48.0 Å². The van der Waals surface area contributed by atoms with E-state index in [4.69, 9.17) is 9.47 Å². The number of ether oxygens (including phenoxy) is 3. The van der Waals surface area contributed by atoms with Crippen LogP contribution in [0, 0.1) is 0 Å². The highest BCUT2D eigenvalue weighted by Crippen LogP contribution is 2.34. The van der Waals surface area contributed by atoms with Crippen molar-refractivity contribution in [2.45, 2.75) is 63.2 Å². The number of hydrogen-bond donors (Lipinski definition) is 0. The predicted octanol–water partition coefficient (Wildman–Crippen LogP) is 5.20. The molecule has 5 nitrogen and oxygen atoms in total. The highest BCUT2D eigenvalue weighted by molar-refractivity contribution is 7.58. The number of rotatable bonds is 14. The van der Waals surface area contributed by atoms with Gasteiger partial charge in [-0.1, -0.05) is 18.9 Å². The van der Waals surface area contributed by atoms with E-state index in [1.165, 1.54) is 18.4 Å². The number of benzene rings is 1. The Morgan fingerprint density at radius 3 is 2.55 bits per heavy atom. The van der Waals surface area contributed by atoms with Gasteiger partial charge in [-0.05, 0) is 77.1 Å². The Morgan fingerprint density at radius 1 is 1.06 bits per heavy atom. The van der Waals surface area contributed by atoms with E-state index in [1.807, 2.05) is 12.1 Å². The molecule has 0 aliphatic carbocycles. The molecule has 0 bridgehead atoms. The number of carbonyl (C=O) groups is 1. The van der Waals surface area contributed by atoms with Crippen LogP contribution in [0.15, 0.2) is 18.2 Å². The number of nitrogens with zero attached hydrogens (tertiary/aromatic N) is 1. The second-order valence-corrected chi connectivity index (χ2v) is 10.4. The Balaban J connectivity index is 1.40. The lowest BCUT2D eigenvalue weighted by atomic mass is 10.1. The van der Waals surface area contributed by atoms with Crippen molar-refractivity contribution in [2.75, 3.05) is 46.1 Å². The molecule has 1 aromatic rings. The van der Waals surface area contributed by atoms with E-state index >= 15 is 0 Å². The van der Waals surface area contributed by atoms with Crippen LogP contribution < -0.4 is 9.47 Å². The summed E-state index contributed by atoms with van der Waals surface area (Å²) in [7, 11) is 0.262. The summed E-state index contributed by atoms with van der Waals surface area (Å²) in [5, 5.41) is 0. The van der Waals surface area contributed by atoms with Crippen LogP contribution in [0.2, 0.25) is 0 Å². The van der Waals surface area contributed by atoms with Crippen molar-refractivity contribution in [1.82, 2.24) is 4.90 Å². The van der Waals surface area contributed by atoms with Crippen LogP contribution in [0.4, 0.5) is 13.2 Å². The Kier molecular flexibility index (Phi) is 10.7. The predicted molar refractivity (Wildman–Crippen MR) is 124 cm³/mol. The summed E-state index contributed by atoms with van der Waals surface area (Å²) in [6.07, 6.45) is 2.56. The molecule has 9 heteroatoms. The van der Waals surface area contributed by atoms with Gasteiger partial charge in [0.05, 0.1) is 0 Å². The Labute approximate surface area is 196 Å². The summed E-state index contributed by atoms with van der Waals surface area (Å²) in [5.74, 6) is 1.57. The quantitative estimate of drug-likeness (QED) is 0.266.